The van der Waals surface area contributed by atoms with Crippen molar-refractivity contribution in [3.63, 3.8) is 0 Å². The molecular formula is C15H23NO4. The third-order valence-electron chi connectivity index (χ3n) is 3.43. The highest BCUT2D eigenvalue weighted by Crippen LogP contribution is 2.29. The van der Waals surface area contributed by atoms with E-state index in [1.807, 2.05) is 31.3 Å². The molecule has 0 amide bonds. The van der Waals surface area contributed by atoms with Crippen LogP contribution >= 0.6 is 0 Å². The number of aliphatic hydroxyl groups excluding tert-OH is 1. The molecule has 2 atom stereocenters. The van der Waals surface area contributed by atoms with Gasteiger partial charge in [0.05, 0.1) is 13.2 Å². The standard InChI is InChI=1S/C15H23NO4/c1-16-7-8-19-14(11-16)15(17)12-5-3-4-6-13(12)20-10-9-18-2/h3-6,14-15,17H,7-11H2,1-2H3. The van der Waals surface area contributed by atoms with Gasteiger partial charge in [0.2, 0.25) is 0 Å². The van der Waals surface area contributed by atoms with Crippen molar-refractivity contribution in [1.29, 1.82) is 0 Å². The fourth-order valence-corrected chi connectivity index (χ4v) is 2.29. The van der Waals surface area contributed by atoms with Crippen molar-refractivity contribution in [1.82, 2.24) is 4.90 Å². The predicted molar refractivity (Wildman–Crippen MR) is 76.0 cm³/mol. The smallest absolute Gasteiger partial charge is 0.125 e. The SMILES string of the molecule is COCCOc1ccccc1C(O)C1CN(C)CCO1. The van der Waals surface area contributed by atoms with Crippen molar-refractivity contribution < 1.29 is 19.3 Å². The molecule has 0 bridgehead atoms. The Bertz CT molecular complexity index is 413. The summed E-state index contributed by atoms with van der Waals surface area (Å²) in [6.07, 6.45) is -0.905. The van der Waals surface area contributed by atoms with Crippen molar-refractivity contribution in [3.8, 4) is 5.75 Å². The molecule has 1 N–H and O–H groups in total. The molecular weight excluding hydrogens is 258 g/mol. The lowest BCUT2D eigenvalue weighted by molar-refractivity contribution is -0.0851. The number of hydrogen-bond donors (Lipinski definition) is 1. The van der Waals surface area contributed by atoms with Gasteiger partial charge in [-0.2, -0.15) is 0 Å². The zero-order valence-corrected chi connectivity index (χ0v) is 12.1. The van der Waals surface area contributed by atoms with Gasteiger partial charge >= 0.3 is 0 Å². The molecule has 5 nitrogen and oxygen atoms in total. The Morgan fingerprint density at radius 1 is 1.40 bits per heavy atom. The average Bonchev–Trinajstić information content (AvgIpc) is 2.47. The fraction of sp³-hybridized carbons (Fsp3) is 0.600. The van der Waals surface area contributed by atoms with Gasteiger partial charge < -0.3 is 24.2 Å². The number of ether oxygens (including phenoxy) is 3. The monoisotopic (exact) mass is 281 g/mol. The second kappa shape index (κ2) is 7.59. The van der Waals surface area contributed by atoms with Gasteiger partial charge in [-0.25, -0.2) is 0 Å². The number of nitrogens with zero attached hydrogens (tertiary/aromatic N) is 1. The molecule has 0 aromatic heterocycles. The molecule has 2 rings (SSSR count). The van der Waals surface area contributed by atoms with E-state index in [1.165, 1.54) is 0 Å². The van der Waals surface area contributed by atoms with Crippen LogP contribution in [0.3, 0.4) is 0 Å². The molecule has 1 aliphatic rings. The summed E-state index contributed by atoms with van der Waals surface area (Å²) >= 11 is 0. The van der Waals surface area contributed by atoms with Gasteiger partial charge in [0.1, 0.15) is 24.6 Å². The number of likely N-dealkylation sites (N-methyl/N-ethyl adjacent to an activating group) is 1. The largest absolute Gasteiger partial charge is 0.491 e. The minimum absolute atomic E-state index is 0.221. The Hall–Kier alpha value is -1.14. The second-order valence-corrected chi connectivity index (χ2v) is 5.00. The topological polar surface area (TPSA) is 51.2 Å². The first kappa shape index (κ1) is 15.3. The van der Waals surface area contributed by atoms with Crippen LogP contribution in [0.25, 0.3) is 0 Å². The Kier molecular flexibility index (Phi) is 5.79. The number of benzene rings is 1. The molecule has 1 fully saturated rings. The van der Waals surface area contributed by atoms with Crippen LogP contribution in [0, 0.1) is 0 Å². The summed E-state index contributed by atoms with van der Waals surface area (Å²) in [5.74, 6) is 0.689. The van der Waals surface area contributed by atoms with Crippen molar-refractivity contribution in [2.24, 2.45) is 0 Å². The van der Waals surface area contributed by atoms with E-state index in [0.717, 1.165) is 12.1 Å². The van der Waals surface area contributed by atoms with Crippen molar-refractivity contribution in [2.45, 2.75) is 12.2 Å². The van der Waals surface area contributed by atoms with Gasteiger partial charge in [-0.05, 0) is 13.1 Å². The molecule has 2 unspecified atom stereocenters. The maximum absolute atomic E-state index is 10.5. The van der Waals surface area contributed by atoms with E-state index in [-0.39, 0.29) is 6.10 Å². The Morgan fingerprint density at radius 2 is 2.20 bits per heavy atom. The lowest BCUT2D eigenvalue weighted by atomic mass is 10.0. The number of morpholine rings is 1. The molecule has 0 radical (unpaired) electrons. The van der Waals surface area contributed by atoms with Crippen LogP contribution in [0.1, 0.15) is 11.7 Å². The van der Waals surface area contributed by atoms with Crippen LogP contribution < -0.4 is 4.74 Å². The number of rotatable bonds is 6. The lowest BCUT2D eigenvalue weighted by Gasteiger charge is -2.33. The van der Waals surface area contributed by atoms with Gasteiger partial charge in [0.25, 0.3) is 0 Å². The molecule has 1 aromatic carbocycles. The first-order valence-electron chi connectivity index (χ1n) is 6.91. The summed E-state index contributed by atoms with van der Waals surface area (Å²) in [5, 5.41) is 10.5. The van der Waals surface area contributed by atoms with E-state index in [0.29, 0.717) is 32.1 Å². The van der Waals surface area contributed by atoms with Crippen LogP contribution in [-0.2, 0) is 9.47 Å². The van der Waals surface area contributed by atoms with E-state index < -0.39 is 6.10 Å². The third kappa shape index (κ3) is 3.93. The highest BCUT2D eigenvalue weighted by atomic mass is 16.5. The molecule has 1 aliphatic heterocycles. The number of methoxy groups -OCH3 is 1. The molecule has 1 aromatic rings. The summed E-state index contributed by atoms with van der Waals surface area (Å²) in [6, 6.07) is 7.53. The highest BCUT2D eigenvalue weighted by Gasteiger charge is 2.28. The Morgan fingerprint density at radius 3 is 2.95 bits per heavy atom. The maximum Gasteiger partial charge on any atom is 0.125 e. The number of aliphatic hydroxyl groups is 1. The van der Waals surface area contributed by atoms with Gasteiger partial charge in [0, 0.05) is 25.8 Å². The zero-order chi connectivity index (χ0) is 14.4. The van der Waals surface area contributed by atoms with E-state index >= 15 is 0 Å². The first-order valence-corrected chi connectivity index (χ1v) is 6.91. The van der Waals surface area contributed by atoms with Crippen molar-refractivity contribution in [3.05, 3.63) is 29.8 Å². The van der Waals surface area contributed by atoms with Gasteiger partial charge in [-0.15, -0.1) is 0 Å². The lowest BCUT2D eigenvalue weighted by Crippen LogP contribution is -2.43. The summed E-state index contributed by atoms with van der Waals surface area (Å²) in [6.45, 7) is 3.24. The molecule has 0 aliphatic carbocycles. The highest BCUT2D eigenvalue weighted by molar-refractivity contribution is 5.35. The number of hydrogen-bond acceptors (Lipinski definition) is 5. The maximum atomic E-state index is 10.5. The van der Waals surface area contributed by atoms with Crippen molar-refractivity contribution >= 4 is 0 Å². The van der Waals surface area contributed by atoms with Gasteiger partial charge in [0.15, 0.2) is 0 Å². The predicted octanol–water partition coefficient (Wildman–Crippen LogP) is 1.08. The van der Waals surface area contributed by atoms with Crippen LogP contribution in [0.2, 0.25) is 0 Å². The normalized spacial score (nSPS) is 21.6. The van der Waals surface area contributed by atoms with E-state index in [4.69, 9.17) is 14.2 Å². The number of para-hydroxylation sites is 1. The van der Waals surface area contributed by atoms with Gasteiger partial charge in [-0.3, -0.25) is 0 Å². The molecule has 20 heavy (non-hydrogen) atoms. The molecule has 0 saturated carbocycles. The fourth-order valence-electron chi connectivity index (χ4n) is 2.29. The third-order valence-corrected chi connectivity index (χ3v) is 3.43. The zero-order valence-electron chi connectivity index (χ0n) is 12.1. The van der Waals surface area contributed by atoms with E-state index in [1.54, 1.807) is 7.11 Å². The minimum atomic E-state index is -0.684. The quantitative estimate of drug-likeness (QED) is 0.791. The summed E-state index contributed by atoms with van der Waals surface area (Å²) in [5.41, 5.74) is 0.768. The van der Waals surface area contributed by atoms with Crippen molar-refractivity contribution in [2.75, 3.05) is 47.1 Å². The molecule has 5 heteroatoms. The summed E-state index contributed by atoms with van der Waals surface area (Å²) < 4.78 is 16.3. The first-order chi connectivity index (χ1) is 9.72. The molecule has 0 spiro atoms. The summed E-state index contributed by atoms with van der Waals surface area (Å²) in [4.78, 5) is 2.16. The second-order valence-electron chi connectivity index (χ2n) is 5.00. The van der Waals surface area contributed by atoms with Crippen LogP contribution in [0.5, 0.6) is 5.75 Å². The molecule has 1 saturated heterocycles. The molecule has 1 heterocycles. The average molecular weight is 281 g/mol. The Balaban J connectivity index is 2.06. The summed E-state index contributed by atoms with van der Waals surface area (Å²) in [7, 11) is 3.67. The van der Waals surface area contributed by atoms with E-state index in [9.17, 15) is 5.11 Å². The minimum Gasteiger partial charge on any atom is -0.491 e. The van der Waals surface area contributed by atoms with E-state index in [2.05, 4.69) is 4.90 Å². The van der Waals surface area contributed by atoms with Crippen LogP contribution in [0.15, 0.2) is 24.3 Å². The Labute approximate surface area is 120 Å². The molecule has 112 valence electrons. The van der Waals surface area contributed by atoms with Crippen LogP contribution in [-0.4, -0.2) is 63.2 Å². The van der Waals surface area contributed by atoms with Crippen LogP contribution in [0.4, 0.5) is 0 Å². The van der Waals surface area contributed by atoms with Gasteiger partial charge in [-0.1, -0.05) is 18.2 Å².